The summed E-state index contributed by atoms with van der Waals surface area (Å²) in [4.78, 5) is 38.0. The first-order chi connectivity index (χ1) is 13.3. The first-order valence-corrected chi connectivity index (χ1v) is 8.78. The summed E-state index contributed by atoms with van der Waals surface area (Å²) in [5, 5.41) is 4.83. The van der Waals surface area contributed by atoms with Crippen LogP contribution in [0, 0.1) is 11.6 Å². The molecule has 2 rings (SSSR count). The summed E-state index contributed by atoms with van der Waals surface area (Å²) < 4.78 is 26.5. The maximum Gasteiger partial charge on any atom is 0.254 e. The molecule has 0 aliphatic rings. The maximum absolute atomic E-state index is 13.6. The average Bonchev–Trinajstić information content (AvgIpc) is 2.67. The highest BCUT2D eigenvalue weighted by molar-refractivity contribution is 6.00. The summed E-state index contributed by atoms with van der Waals surface area (Å²) in [5.41, 5.74) is 0.463. The molecule has 3 amide bonds. The molecule has 0 aliphatic heterocycles. The number of benzene rings is 2. The van der Waals surface area contributed by atoms with Crippen molar-refractivity contribution in [1.82, 2.24) is 10.2 Å². The predicted octanol–water partition coefficient (Wildman–Crippen LogP) is 2.82. The lowest BCUT2D eigenvalue weighted by molar-refractivity contribution is -0.115. The van der Waals surface area contributed by atoms with E-state index in [1.807, 2.05) is 13.8 Å². The van der Waals surface area contributed by atoms with Gasteiger partial charge in [-0.15, -0.1) is 0 Å². The third-order valence-corrected chi connectivity index (χ3v) is 4.03. The number of nitrogens with zero attached hydrogens (tertiary/aromatic N) is 1. The van der Waals surface area contributed by atoms with Crippen molar-refractivity contribution in [2.45, 2.75) is 13.8 Å². The monoisotopic (exact) mass is 389 g/mol. The minimum absolute atomic E-state index is 0.152. The molecule has 2 N–H and O–H groups in total. The molecule has 0 fully saturated rings. The lowest BCUT2D eigenvalue weighted by atomic mass is 10.1. The average molecular weight is 389 g/mol. The quantitative estimate of drug-likeness (QED) is 0.764. The van der Waals surface area contributed by atoms with Gasteiger partial charge in [-0.25, -0.2) is 8.78 Å². The van der Waals surface area contributed by atoms with Gasteiger partial charge in [0.15, 0.2) is 0 Å². The second-order valence-electron chi connectivity index (χ2n) is 5.91. The molecule has 0 atom stereocenters. The van der Waals surface area contributed by atoms with Gasteiger partial charge in [0.1, 0.15) is 11.6 Å². The molecule has 0 radical (unpaired) electrons. The number of rotatable bonds is 7. The van der Waals surface area contributed by atoms with Gasteiger partial charge in [-0.1, -0.05) is 6.07 Å². The van der Waals surface area contributed by atoms with E-state index in [9.17, 15) is 23.2 Å². The zero-order valence-electron chi connectivity index (χ0n) is 15.6. The summed E-state index contributed by atoms with van der Waals surface area (Å²) in [6, 6.07) is 8.98. The molecular formula is C20H21F2N3O3. The van der Waals surface area contributed by atoms with Gasteiger partial charge in [0.05, 0.1) is 12.1 Å². The van der Waals surface area contributed by atoms with E-state index in [4.69, 9.17) is 0 Å². The van der Waals surface area contributed by atoms with E-state index in [0.29, 0.717) is 30.4 Å². The van der Waals surface area contributed by atoms with E-state index in [2.05, 4.69) is 10.6 Å². The van der Waals surface area contributed by atoms with Crippen LogP contribution in [-0.4, -0.2) is 42.3 Å². The van der Waals surface area contributed by atoms with Gasteiger partial charge >= 0.3 is 0 Å². The second kappa shape index (κ2) is 9.59. The van der Waals surface area contributed by atoms with Crippen molar-refractivity contribution < 1.29 is 23.2 Å². The van der Waals surface area contributed by atoms with Gasteiger partial charge in [0, 0.05) is 30.4 Å². The zero-order valence-corrected chi connectivity index (χ0v) is 15.6. The summed E-state index contributed by atoms with van der Waals surface area (Å²) in [5.74, 6) is -3.35. The molecule has 8 heteroatoms. The maximum atomic E-state index is 13.6. The zero-order chi connectivity index (χ0) is 20.7. The van der Waals surface area contributed by atoms with E-state index in [1.54, 1.807) is 29.2 Å². The SMILES string of the molecule is CCN(CC)C(=O)c1cccc(NC(=O)CNC(=O)c2ccc(F)cc2F)c1. The predicted molar refractivity (Wildman–Crippen MR) is 101 cm³/mol. The van der Waals surface area contributed by atoms with Crippen LogP contribution in [0.5, 0.6) is 0 Å². The van der Waals surface area contributed by atoms with Gasteiger partial charge in [-0.2, -0.15) is 0 Å². The number of anilines is 1. The van der Waals surface area contributed by atoms with Crippen molar-refractivity contribution in [2.24, 2.45) is 0 Å². The van der Waals surface area contributed by atoms with Crippen LogP contribution in [0.25, 0.3) is 0 Å². The molecule has 2 aromatic carbocycles. The highest BCUT2D eigenvalue weighted by Gasteiger charge is 2.15. The molecule has 0 saturated heterocycles. The fourth-order valence-corrected chi connectivity index (χ4v) is 2.56. The molecule has 0 heterocycles. The Morgan fingerprint density at radius 1 is 1.00 bits per heavy atom. The fraction of sp³-hybridized carbons (Fsp3) is 0.250. The Morgan fingerprint density at radius 2 is 1.71 bits per heavy atom. The van der Waals surface area contributed by atoms with Crippen LogP contribution in [0.15, 0.2) is 42.5 Å². The van der Waals surface area contributed by atoms with Crippen molar-refractivity contribution >= 4 is 23.4 Å². The lowest BCUT2D eigenvalue weighted by Crippen LogP contribution is -2.33. The van der Waals surface area contributed by atoms with Gasteiger partial charge < -0.3 is 15.5 Å². The van der Waals surface area contributed by atoms with Crippen molar-refractivity contribution in [3.8, 4) is 0 Å². The Bertz CT molecular complexity index is 883. The van der Waals surface area contributed by atoms with Crippen molar-refractivity contribution in [2.75, 3.05) is 25.0 Å². The summed E-state index contributed by atoms with van der Waals surface area (Å²) >= 11 is 0. The number of halogens is 2. The van der Waals surface area contributed by atoms with E-state index < -0.39 is 30.0 Å². The number of amides is 3. The number of nitrogens with one attached hydrogen (secondary N) is 2. The van der Waals surface area contributed by atoms with Crippen LogP contribution in [0.2, 0.25) is 0 Å². The molecule has 0 spiro atoms. The minimum Gasteiger partial charge on any atom is -0.343 e. The van der Waals surface area contributed by atoms with Crippen LogP contribution in [-0.2, 0) is 4.79 Å². The normalized spacial score (nSPS) is 10.3. The summed E-state index contributed by atoms with van der Waals surface area (Å²) in [6.07, 6.45) is 0. The molecule has 148 valence electrons. The Labute approximate surface area is 161 Å². The highest BCUT2D eigenvalue weighted by Crippen LogP contribution is 2.13. The van der Waals surface area contributed by atoms with Crippen LogP contribution in [0.3, 0.4) is 0 Å². The van der Waals surface area contributed by atoms with Crippen molar-refractivity contribution in [3.63, 3.8) is 0 Å². The molecule has 2 aromatic rings. The Kier molecular flexibility index (Phi) is 7.20. The van der Waals surface area contributed by atoms with Gasteiger partial charge in [0.2, 0.25) is 5.91 Å². The molecule has 0 aliphatic carbocycles. The van der Waals surface area contributed by atoms with E-state index in [0.717, 1.165) is 12.1 Å². The number of hydrogen-bond donors (Lipinski definition) is 2. The standard InChI is InChI=1S/C20H21F2N3O3/c1-3-25(4-2)20(28)13-6-5-7-15(10-13)24-18(26)12-23-19(27)16-9-8-14(21)11-17(16)22/h5-11H,3-4,12H2,1-2H3,(H,23,27)(H,24,26). The Morgan fingerprint density at radius 3 is 2.36 bits per heavy atom. The molecular weight excluding hydrogens is 368 g/mol. The molecule has 6 nitrogen and oxygen atoms in total. The third kappa shape index (κ3) is 5.35. The van der Waals surface area contributed by atoms with Crippen LogP contribution in [0.4, 0.5) is 14.5 Å². The molecule has 28 heavy (non-hydrogen) atoms. The van der Waals surface area contributed by atoms with Crippen LogP contribution < -0.4 is 10.6 Å². The van der Waals surface area contributed by atoms with Crippen molar-refractivity contribution in [1.29, 1.82) is 0 Å². The summed E-state index contributed by atoms with van der Waals surface area (Å²) in [6.45, 7) is 4.47. The van der Waals surface area contributed by atoms with Gasteiger partial charge in [-0.05, 0) is 44.2 Å². The van der Waals surface area contributed by atoms with Gasteiger partial charge in [0.25, 0.3) is 11.8 Å². The third-order valence-electron chi connectivity index (χ3n) is 4.03. The second-order valence-corrected chi connectivity index (χ2v) is 5.91. The van der Waals surface area contributed by atoms with E-state index in [1.165, 1.54) is 0 Å². The topological polar surface area (TPSA) is 78.5 Å². The van der Waals surface area contributed by atoms with Gasteiger partial charge in [-0.3, -0.25) is 14.4 Å². The molecule has 0 saturated carbocycles. The van der Waals surface area contributed by atoms with Crippen LogP contribution in [0.1, 0.15) is 34.6 Å². The molecule has 0 aromatic heterocycles. The largest absolute Gasteiger partial charge is 0.343 e. The van der Waals surface area contributed by atoms with Crippen molar-refractivity contribution in [3.05, 3.63) is 65.2 Å². The minimum atomic E-state index is -1.01. The Hall–Kier alpha value is -3.29. The molecule has 0 unspecified atom stereocenters. The summed E-state index contributed by atoms with van der Waals surface area (Å²) in [7, 11) is 0. The Balaban J connectivity index is 1.97. The highest BCUT2D eigenvalue weighted by atomic mass is 19.1. The number of carbonyl (C=O) groups is 3. The lowest BCUT2D eigenvalue weighted by Gasteiger charge is -2.19. The van der Waals surface area contributed by atoms with E-state index >= 15 is 0 Å². The van der Waals surface area contributed by atoms with E-state index in [-0.39, 0.29) is 11.5 Å². The first-order valence-electron chi connectivity index (χ1n) is 8.78. The fourth-order valence-electron chi connectivity index (χ4n) is 2.56. The number of carbonyl (C=O) groups excluding carboxylic acids is 3. The smallest absolute Gasteiger partial charge is 0.254 e. The molecule has 0 bridgehead atoms. The van der Waals surface area contributed by atoms with Crippen LogP contribution >= 0.6 is 0 Å². The first kappa shape index (κ1) is 21.0. The number of hydrogen-bond acceptors (Lipinski definition) is 3.